The summed E-state index contributed by atoms with van der Waals surface area (Å²) < 4.78 is 10.9. The molecule has 0 spiro atoms. The van der Waals surface area contributed by atoms with Crippen LogP contribution in [0.25, 0.3) is 11.1 Å². The van der Waals surface area contributed by atoms with E-state index in [1.807, 2.05) is 67.6 Å². The van der Waals surface area contributed by atoms with Gasteiger partial charge in [0.1, 0.15) is 0 Å². The molecule has 160 valence electrons. The highest BCUT2D eigenvalue weighted by atomic mass is 16.7. The van der Waals surface area contributed by atoms with Crippen molar-refractivity contribution in [3.05, 3.63) is 77.4 Å². The lowest BCUT2D eigenvalue weighted by atomic mass is 9.94. The summed E-state index contributed by atoms with van der Waals surface area (Å²) in [5, 5.41) is 13.1. The fourth-order valence-corrected chi connectivity index (χ4v) is 4.19. The Morgan fingerprint density at radius 3 is 2.65 bits per heavy atom. The van der Waals surface area contributed by atoms with Gasteiger partial charge in [0.05, 0.1) is 11.5 Å². The standard InChI is InChI=1S/C26H25NO4.H2/c1-16-6-8-21(14-22(16)19-5-3-4-18(12-19)17(2)28)27-25(29)26(10-11-26)20-7-9-23-24(13-20)31-15-30-23;/h3-9,12-14,17,28H,10-11,15H2,1-2H3,(H,27,29);1H. The van der Waals surface area contributed by atoms with Gasteiger partial charge < -0.3 is 19.9 Å². The molecule has 1 saturated carbocycles. The van der Waals surface area contributed by atoms with Gasteiger partial charge in [-0.2, -0.15) is 0 Å². The summed E-state index contributed by atoms with van der Waals surface area (Å²) in [5.41, 5.74) is 5.24. The first-order chi connectivity index (χ1) is 15.0. The first-order valence-electron chi connectivity index (χ1n) is 10.6. The number of carbonyl (C=O) groups excluding carboxylic acids is 1. The highest BCUT2D eigenvalue weighted by Gasteiger charge is 2.51. The van der Waals surface area contributed by atoms with Crippen molar-refractivity contribution in [2.24, 2.45) is 0 Å². The second-order valence-corrected chi connectivity index (χ2v) is 8.44. The summed E-state index contributed by atoms with van der Waals surface area (Å²) in [6.07, 6.45) is 1.10. The summed E-state index contributed by atoms with van der Waals surface area (Å²) in [6, 6.07) is 19.6. The molecule has 31 heavy (non-hydrogen) atoms. The van der Waals surface area contributed by atoms with Crippen LogP contribution in [0.1, 0.15) is 44.0 Å². The SMILES string of the molecule is Cc1ccc(NC(=O)C2(c3ccc4c(c3)OCO4)CC2)cc1-c1cccc(C(C)O)c1.[HH]. The van der Waals surface area contributed by atoms with E-state index >= 15 is 0 Å². The number of nitrogens with one attached hydrogen (secondary N) is 1. The first-order valence-corrected chi connectivity index (χ1v) is 10.6. The monoisotopic (exact) mass is 417 g/mol. The molecule has 1 aliphatic carbocycles. The number of aliphatic hydroxyl groups excluding tert-OH is 1. The average molecular weight is 418 g/mol. The van der Waals surface area contributed by atoms with Crippen molar-refractivity contribution in [2.45, 2.75) is 38.2 Å². The predicted molar refractivity (Wildman–Crippen MR) is 121 cm³/mol. The Hall–Kier alpha value is -3.31. The van der Waals surface area contributed by atoms with E-state index in [9.17, 15) is 9.90 Å². The molecule has 1 amide bonds. The number of aliphatic hydroxyl groups is 1. The second-order valence-electron chi connectivity index (χ2n) is 8.44. The second kappa shape index (κ2) is 7.43. The highest BCUT2D eigenvalue weighted by Crippen LogP contribution is 2.51. The average Bonchev–Trinajstić information content (AvgIpc) is 3.46. The van der Waals surface area contributed by atoms with Crippen LogP contribution in [0.5, 0.6) is 11.5 Å². The van der Waals surface area contributed by atoms with Gasteiger partial charge in [-0.05, 0) is 84.8 Å². The zero-order chi connectivity index (χ0) is 21.6. The van der Waals surface area contributed by atoms with Crippen LogP contribution in [-0.4, -0.2) is 17.8 Å². The van der Waals surface area contributed by atoms with Crippen molar-refractivity contribution in [3.63, 3.8) is 0 Å². The summed E-state index contributed by atoms with van der Waals surface area (Å²) >= 11 is 0. The van der Waals surface area contributed by atoms with E-state index in [1.54, 1.807) is 6.92 Å². The number of anilines is 1. The molecule has 1 heterocycles. The van der Waals surface area contributed by atoms with E-state index in [1.165, 1.54) is 0 Å². The summed E-state index contributed by atoms with van der Waals surface area (Å²) in [5.74, 6) is 1.42. The zero-order valence-electron chi connectivity index (χ0n) is 17.6. The van der Waals surface area contributed by atoms with Crippen molar-refractivity contribution in [3.8, 4) is 22.6 Å². The van der Waals surface area contributed by atoms with Crippen molar-refractivity contribution in [1.29, 1.82) is 0 Å². The lowest BCUT2D eigenvalue weighted by Crippen LogP contribution is -2.27. The van der Waals surface area contributed by atoms with Crippen molar-refractivity contribution in [2.75, 3.05) is 12.1 Å². The summed E-state index contributed by atoms with van der Waals surface area (Å²) in [6.45, 7) is 4.03. The number of ether oxygens (including phenoxy) is 2. The Labute approximate surface area is 183 Å². The minimum Gasteiger partial charge on any atom is -0.454 e. The third-order valence-corrected chi connectivity index (χ3v) is 6.29. The maximum absolute atomic E-state index is 13.3. The van der Waals surface area contributed by atoms with Crippen LogP contribution in [0.15, 0.2) is 60.7 Å². The molecule has 0 radical (unpaired) electrons. The molecule has 5 nitrogen and oxygen atoms in total. The van der Waals surface area contributed by atoms with Gasteiger partial charge in [-0.3, -0.25) is 4.79 Å². The van der Waals surface area contributed by atoms with Gasteiger partial charge in [0, 0.05) is 7.11 Å². The normalized spacial score (nSPS) is 16.6. The molecule has 1 fully saturated rings. The number of rotatable bonds is 5. The lowest BCUT2D eigenvalue weighted by Gasteiger charge is -2.17. The molecule has 0 saturated heterocycles. The van der Waals surface area contributed by atoms with Crippen molar-refractivity contribution < 1.29 is 20.8 Å². The molecule has 5 rings (SSSR count). The van der Waals surface area contributed by atoms with E-state index in [0.717, 1.165) is 52.1 Å². The Kier molecular flexibility index (Phi) is 4.71. The number of hydrogen-bond acceptors (Lipinski definition) is 4. The van der Waals surface area contributed by atoms with Gasteiger partial charge in [-0.1, -0.05) is 30.3 Å². The van der Waals surface area contributed by atoms with E-state index in [-0.39, 0.29) is 14.1 Å². The van der Waals surface area contributed by atoms with E-state index in [2.05, 4.69) is 5.32 Å². The number of fused-ring (bicyclic) bond motifs is 1. The molecule has 2 N–H and O–H groups in total. The van der Waals surface area contributed by atoms with Crippen LogP contribution >= 0.6 is 0 Å². The fraction of sp³-hybridized carbons (Fsp3) is 0.269. The molecule has 1 aliphatic heterocycles. The summed E-state index contributed by atoms with van der Waals surface area (Å²) in [4.78, 5) is 13.3. The zero-order valence-corrected chi connectivity index (χ0v) is 17.6. The van der Waals surface area contributed by atoms with Crippen LogP contribution in [0.4, 0.5) is 5.69 Å². The minimum absolute atomic E-state index is 0. The molecule has 0 bridgehead atoms. The molecule has 3 aromatic rings. The van der Waals surface area contributed by atoms with Crippen LogP contribution in [0.3, 0.4) is 0 Å². The van der Waals surface area contributed by atoms with Crippen molar-refractivity contribution >= 4 is 11.6 Å². The minimum atomic E-state index is -0.528. The van der Waals surface area contributed by atoms with Crippen molar-refractivity contribution in [1.82, 2.24) is 0 Å². The van der Waals surface area contributed by atoms with Crippen LogP contribution < -0.4 is 14.8 Å². The number of aryl methyl sites for hydroxylation is 1. The van der Waals surface area contributed by atoms with E-state index < -0.39 is 11.5 Å². The van der Waals surface area contributed by atoms with Crippen LogP contribution in [-0.2, 0) is 10.2 Å². The maximum atomic E-state index is 13.3. The van der Waals surface area contributed by atoms with Crippen LogP contribution in [0, 0.1) is 6.92 Å². The Balaban J connectivity index is 0.00000245. The topological polar surface area (TPSA) is 67.8 Å². The molecule has 2 aliphatic rings. The molecular formula is C26H27NO4. The van der Waals surface area contributed by atoms with Gasteiger partial charge in [0.25, 0.3) is 0 Å². The van der Waals surface area contributed by atoms with E-state index in [4.69, 9.17) is 9.47 Å². The van der Waals surface area contributed by atoms with Gasteiger partial charge in [0.15, 0.2) is 11.5 Å². The maximum Gasteiger partial charge on any atom is 0.235 e. The molecular weight excluding hydrogens is 390 g/mol. The third-order valence-electron chi connectivity index (χ3n) is 6.29. The molecule has 3 aromatic carbocycles. The number of benzene rings is 3. The third kappa shape index (κ3) is 3.55. The van der Waals surface area contributed by atoms with E-state index in [0.29, 0.717) is 5.75 Å². The first kappa shape index (κ1) is 19.6. The highest BCUT2D eigenvalue weighted by molar-refractivity contribution is 6.02. The molecule has 0 aromatic heterocycles. The summed E-state index contributed by atoms with van der Waals surface area (Å²) in [7, 11) is 0. The largest absolute Gasteiger partial charge is 0.454 e. The Morgan fingerprint density at radius 2 is 1.87 bits per heavy atom. The Bertz CT molecular complexity index is 1170. The number of carbonyl (C=O) groups is 1. The van der Waals surface area contributed by atoms with Gasteiger partial charge in [-0.15, -0.1) is 0 Å². The molecule has 1 unspecified atom stereocenters. The molecule has 5 heteroatoms. The lowest BCUT2D eigenvalue weighted by molar-refractivity contribution is -0.118. The Morgan fingerprint density at radius 1 is 1.06 bits per heavy atom. The number of amides is 1. The quantitative estimate of drug-likeness (QED) is 0.586. The van der Waals surface area contributed by atoms with Gasteiger partial charge >= 0.3 is 0 Å². The van der Waals surface area contributed by atoms with Gasteiger partial charge in [0.2, 0.25) is 12.7 Å². The molecule has 1 atom stereocenters. The predicted octanol–water partition coefficient (Wildman–Crippen LogP) is 5.36. The van der Waals surface area contributed by atoms with Gasteiger partial charge in [-0.25, -0.2) is 0 Å². The van der Waals surface area contributed by atoms with Crippen LogP contribution in [0.2, 0.25) is 0 Å². The number of hydrogen-bond donors (Lipinski definition) is 2. The smallest absolute Gasteiger partial charge is 0.235 e. The fourth-order valence-electron chi connectivity index (χ4n) is 4.19.